The minimum atomic E-state index is -0.136. The first-order valence-corrected chi connectivity index (χ1v) is 9.68. The molecule has 0 radical (unpaired) electrons. The number of benzene rings is 1. The minimum Gasteiger partial charge on any atom is -0.493 e. The molecule has 1 aromatic carbocycles. The number of pyridine rings is 2. The third-order valence-corrected chi connectivity index (χ3v) is 5.33. The standard InChI is InChI=1S/C22H24N4O3/c1-28-19-7-3-6-18(20(19)29-2)25-22(27)26-13-10-15(11-14-26)17-9-8-16-5-4-12-23-21(16)24-17/h3-9,12,15H,10-11,13-14H2,1-2H3,(H,25,27). The molecule has 3 heterocycles. The highest BCUT2D eigenvalue weighted by Gasteiger charge is 2.25. The van der Waals surface area contributed by atoms with Crippen molar-refractivity contribution in [2.24, 2.45) is 0 Å². The molecule has 1 aliphatic rings. The van der Waals surface area contributed by atoms with Crippen LogP contribution in [0.5, 0.6) is 11.5 Å². The molecular formula is C22H24N4O3. The fourth-order valence-corrected chi connectivity index (χ4v) is 3.75. The molecule has 2 aromatic heterocycles. The second kappa shape index (κ2) is 8.34. The number of anilines is 1. The summed E-state index contributed by atoms with van der Waals surface area (Å²) in [5, 5.41) is 3.98. The molecule has 0 bridgehead atoms. The SMILES string of the molecule is COc1cccc(NC(=O)N2CCC(c3ccc4cccnc4n3)CC2)c1OC. The van der Waals surface area contributed by atoms with Gasteiger partial charge in [0.1, 0.15) is 0 Å². The van der Waals surface area contributed by atoms with E-state index in [0.717, 1.165) is 29.6 Å². The molecule has 1 saturated heterocycles. The first-order chi connectivity index (χ1) is 14.2. The van der Waals surface area contributed by atoms with Crippen molar-refractivity contribution in [1.29, 1.82) is 0 Å². The van der Waals surface area contributed by atoms with Gasteiger partial charge in [-0.25, -0.2) is 14.8 Å². The van der Waals surface area contributed by atoms with E-state index < -0.39 is 0 Å². The molecular weight excluding hydrogens is 368 g/mol. The maximum atomic E-state index is 12.7. The van der Waals surface area contributed by atoms with Crippen LogP contribution in [0, 0.1) is 0 Å². The van der Waals surface area contributed by atoms with Crippen LogP contribution in [-0.2, 0) is 0 Å². The number of hydrogen-bond donors (Lipinski definition) is 1. The summed E-state index contributed by atoms with van der Waals surface area (Å²) in [6.07, 6.45) is 3.50. The molecule has 7 heteroatoms. The second-order valence-corrected chi connectivity index (χ2v) is 7.02. The number of fused-ring (bicyclic) bond motifs is 1. The summed E-state index contributed by atoms with van der Waals surface area (Å²) in [6.45, 7) is 1.34. The van der Waals surface area contributed by atoms with Crippen LogP contribution in [0.1, 0.15) is 24.5 Å². The lowest BCUT2D eigenvalue weighted by Crippen LogP contribution is -2.40. The van der Waals surface area contributed by atoms with Crippen LogP contribution >= 0.6 is 0 Å². The van der Waals surface area contributed by atoms with E-state index in [1.165, 1.54) is 0 Å². The highest BCUT2D eigenvalue weighted by molar-refractivity contribution is 5.91. The molecule has 7 nitrogen and oxygen atoms in total. The lowest BCUT2D eigenvalue weighted by atomic mass is 9.93. The molecule has 0 aliphatic carbocycles. The fraction of sp³-hybridized carbons (Fsp3) is 0.318. The van der Waals surface area contributed by atoms with E-state index in [1.54, 1.807) is 32.5 Å². The van der Waals surface area contributed by atoms with E-state index in [4.69, 9.17) is 14.5 Å². The Labute approximate surface area is 169 Å². The molecule has 3 aromatic rings. The number of aromatic nitrogens is 2. The zero-order valence-corrected chi connectivity index (χ0v) is 16.6. The summed E-state index contributed by atoms with van der Waals surface area (Å²) in [7, 11) is 3.13. The Bertz CT molecular complexity index is 1020. The van der Waals surface area contributed by atoms with Crippen LogP contribution in [0.3, 0.4) is 0 Å². The molecule has 1 fully saturated rings. The minimum absolute atomic E-state index is 0.136. The number of methoxy groups -OCH3 is 2. The number of carbonyl (C=O) groups excluding carboxylic acids is 1. The molecule has 0 spiro atoms. The Morgan fingerprint density at radius 1 is 1.07 bits per heavy atom. The molecule has 1 aliphatic heterocycles. The molecule has 4 rings (SSSR count). The van der Waals surface area contributed by atoms with Crippen molar-refractivity contribution in [2.75, 3.05) is 32.6 Å². The van der Waals surface area contributed by atoms with Gasteiger partial charge in [-0.3, -0.25) is 0 Å². The number of likely N-dealkylation sites (tertiary alicyclic amines) is 1. The average molecular weight is 392 g/mol. The predicted molar refractivity (Wildman–Crippen MR) is 112 cm³/mol. The number of ether oxygens (including phenoxy) is 2. The molecule has 29 heavy (non-hydrogen) atoms. The molecule has 0 atom stereocenters. The Hall–Kier alpha value is -3.35. The van der Waals surface area contributed by atoms with Crippen molar-refractivity contribution in [3.63, 3.8) is 0 Å². The van der Waals surface area contributed by atoms with Gasteiger partial charge in [-0.05, 0) is 49.2 Å². The lowest BCUT2D eigenvalue weighted by molar-refractivity contribution is 0.194. The maximum absolute atomic E-state index is 12.7. The van der Waals surface area contributed by atoms with Crippen LogP contribution in [0.4, 0.5) is 10.5 Å². The fourth-order valence-electron chi connectivity index (χ4n) is 3.75. The van der Waals surface area contributed by atoms with Gasteiger partial charge in [0.25, 0.3) is 0 Å². The third kappa shape index (κ3) is 3.94. The Kier molecular flexibility index (Phi) is 5.46. The van der Waals surface area contributed by atoms with Gasteiger partial charge in [-0.15, -0.1) is 0 Å². The van der Waals surface area contributed by atoms with Crippen LogP contribution in [-0.4, -0.2) is 48.2 Å². The quantitative estimate of drug-likeness (QED) is 0.725. The van der Waals surface area contributed by atoms with Gasteiger partial charge in [-0.2, -0.15) is 0 Å². The third-order valence-electron chi connectivity index (χ3n) is 5.33. The second-order valence-electron chi connectivity index (χ2n) is 7.02. The number of rotatable bonds is 4. The molecule has 2 amide bonds. The van der Waals surface area contributed by atoms with Gasteiger partial charge in [0, 0.05) is 36.3 Å². The monoisotopic (exact) mass is 392 g/mol. The molecule has 0 saturated carbocycles. The highest BCUT2D eigenvalue weighted by Crippen LogP contribution is 2.35. The topological polar surface area (TPSA) is 76.6 Å². The van der Waals surface area contributed by atoms with Crippen molar-refractivity contribution in [3.8, 4) is 11.5 Å². The maximum Gasteiger partial charge on any atom is 0.321 e. The van der Waals surface area contributed by atoms with Gasteiger partial charge < -0.3 is 19.7 Å². The predicted octanol–water partition coefficient (Wildman–Crippen LogP) is 4.06. The molecule has 0 unspecified atom stereocenters. The van der Waals surface area contributed by atoms with Crippen molar-refractivity contribution in [1.82, 2.24) is 14.9 Å². The van der Waals surface area contributed by atoms with Crippen molar-refractivity contribution in [3.05, 3.63) is 54.4 Å². The van der Waals surface area contributed by atoms with E-state index in [-0.39, 0.29) is 6.03 Å². The highest BCUT2D eigenvalue weighted by atomic mass is 16.5. The van der Waals surface area contributed by atoms with E-state index >= 15 is 0 Å². The van der Waals surface area contributed by atoms with Gasteiger partial charge in [-0.1, -0.05) is 6.07 Å². The van der Waals surface area contributed by atoms with E-state index in [2.05, 4.69) is 22.4 Å². The Morgan fingerprint density at radius 2 is 1.90 bits per heavy atom. The van der Waals surface area contributed by atoms with Crippen LogP contribution in [0.15, 0.2) is 48.7 Å². The normalized spacial score (nSPS) is 14.6. The summed E-state index contributed by atoms with van der Waals surface area (Å²) in [5.74, 6) is 1.43. The number of hydrogen-bond acceptors (Lipinski definition) is 5. The number of piperidine rings is 1. The molecule has 1 N–H and O–H groups in total. The van der Waals surface area contributed by atoms with Crippen LogP contribution in [0.2, 0.25) is 0 Å². The number of para-hydroxylation sites is 1. The van der Waals surface area contributed by atoms with Crippen molar-refractivity contribution >= 4 is 22.8 Å². The Balaban J connectivity index is 1.41. The number of carbonyl (C=O) groups is 1. The summed E-state index contributed by atoms with van der Waals surface area (Å²) < 4.78 is 10.7. The number of nitrogens with zero attached hydrogens (tertiary/aromatic N) is 3. The zero-order chi connectivity index (χ0) is 20.2. The summed E-state index contributed by atoms with van der Waals surface area (Å²) >= 11 is 0. The smallest absolute Gasteiger partial charge is 0.321 e. The van der Waals surface area contributed by atoms with Gasteiger partial charge in [0.15, 0.2) is 17.1 Å². The number of amides is 2. The van der Waals surface area contributed by atoms with Gasteiger partial charge in [0.2, 0.25) is 0 Å². The first kappa shape index (κ1) is 19.0. The van der Waals surface area contributed by atoms with Crippen LogP contribution < -0.4 is 14.8 Å². The molecule has 150 valence electrons. The van der Waals surface area contributed by atoms with E-state index in [9.17, 15) is 4.79 Å². The van der Waals surface area contributed by atoms with Crippen molar-refractivity contribution in [2.45, 2.75) is 18.8 Å². The number of urea groups is 1. The Morgan fingerprint density at radius 3 is 2.66 bits per heavy atom. The zero-order valence-electron chi connectivity index (χ0n) is 16.6. The first-order valence-electron chi connectivity index (χ1n) is 9.68. The lowest BCUT2D eigenvalue weighted by Gasteiger charge is -2.32. The van der Waals surface area contributed by atoms with Crippen LogP contribution in [0.25, 0.3) is 11.0 Å². The van der Waals surface area contributed by atoms with Gasteiger partial charge in [0.05, 0.1) is 19.9 Å². The van der Waals surface area contributed by atoms with E-state index in [1.807, 2.05) is 23.1 Å². The van der Waals surface area contributed by atoms with Gasteiger partial charge >= 0.3 is 6.03 Å². The number of nitrogens with one attached hydrogen (secondary N) is 1. The van der Waals surface area contributed by atoms with Crippen molar-refractivity contribution < 1.29 is 14.3 Å². The largest absolute Gasteiger partial charge is 0.493 e. The van der Waals surface area contributed by atoms with E-state index in [0.29, 0.717) is 36.2 Å². The summed E-state index contributed by atoms with van der Waals surface area (Å²) in [4.78, 5) is 23.6. The average Bonchev–Trinajstić information content (AvgIpc) is 2.78. The summed E-state index contributed by atoms with van der Waals surface area (Å²) in [6, 6.07) is 13.4. The summed E-state index contributed by atoms with van der Waals surface area (Å²) in [5.41, 5.74) is 2.42.